The van der Waals surface area contributed by atoms with Crippen LogP contribution in [-0.4, -0.2) is 96.7 Å². The number of rotatable bonds is 70. The molecule has 0 aliphatic heterocycles. The van der Waals surface area contributed by atoms with Crippen LogP contribution in [0.5, 0.6) is 0 Å². The molecule has 3 N–H and O–H groups in total. The molecule has 92 heavy (non-hydrogen) atoms. The molecule has 17 nitrogen and oxygen atoms in total. The van der Waals surface area contributed by atoms with E-state index < -0.39 is 97.5 Å². The molecule has 0 aromatic rings. The van der Waals surface area contributed by atoms with Gasteiger partial charge < -0.3 is 33.8 Å². The molecule has 0 radical (unpaired) electrons. The highest BCUT2D eigenvalue weighted by atomic mass is 31.2. The molecule has 546 valence electrons. The lowest BCUT2D eigenvalue weighted by Crippen LogP contribution is -2.30. The Kier molecular flexibility index (Phi) is 61.3. The van der Waals surface area contributed by atoms with Crippen molar-refractivity contribution >= 4 is 39.5 Å². The lowest BCUT2D eigenvalue weighted by Gasteiger charge is -2.21. The largest absolute Gasteiger partial charge is 0.472 e. The smallest absolute Gasteiger partial charge is 0.462 e. The first-order chi connectivity index (χ1) is 44.1. The number of phosphoric acid groups is 2. The Balaban J connectivity index is 5.11. The second-order valence-corrected chi connectivity index (χ2v) is 31.1. The summed E-state index contributed by atoms with van der Waals surface area (Å²) >= 11 is 0. The van der Waals surface area contributed by atoms with Crippen LogP contribution >= 0.6 is 15.6 Å². The van der Waals surface area contributed by atoms with Crippen molar-refractivity contribution in [2.45, 2.75) is 382 Å². The molecule has 5 atom stereocenters. The van der Waals surface area contributed by atoms with E-state index in [4.69, 9.17) is 37.0 Å². The Labute approximate surface area is 562 Å². The quantitative estimate of drug-likeness (QED) is 0.0222. The Morgan fingerprint density at radius 3 is 0.674 bits per heavy atom. The van der Waals surface area contributed by atoms with E-state index in [1.807, 2.05) is 0 Å². The van der Waals surface area contributed by atoms with Crippen LogP contribution in [0.4, 0.5) is 0 Å². The van der Waals surface area contributed by atoms with Crippen molar-refractivity contribution in [3.05, 3.63) is 0 Å². The molecule has 0 aliphatic rings. The Morgan fingerprint density at radius 2 is 0.457 bits per heavy atom. The number of carbonyl (C=O) groups excluding carboxylic acids is 4. The molecule has 0 fully saturated rings. The number of hydrogen-bond acceptors (Lipinski definition) is 15. The van der Waals surface area contributed by atoms with Gasteiger partial charge in [0.05, 0.1) is 26.4 Å². The van der Waals surface area contributed by atoms with Gasteiger partial charge in [-0.15, -0.1) is 0 Å². The first-order valence-electron chi connectivity index (χ1n) is 37.7. The predicted molar refractivity (Wildman–Crippen MR) is 372 cm³/mol. The van der Waals surface area contributed by atoms with Crippen molar-refractivity contribution < 1.29 is 80.2 Å². The molecule has 0 spiro atoms. The molecule has 0 bridgehead atoms. The lowest BCUT2D eigenvalue weighted by atomic mass is 10.0. The summed E-state index contributed by atoms with van der Waals surface area (Å²) in [7, 11) is -9.90. The Morgan fingerprint density at radius 1 is 0.272 bits per heavy atom. The summed E-state index contributed by atoms with van der Waals surface area (Å²) in [6, 6.07) is 0. The van der Waals surface area contributed by atoms with Gasteiger partial charge in [-0.1, -0.05) is 312 Å². The molecule has 0 aliphatic carbocycles. The number of ether oxygens (including phenoxy) is 4. The fraction of sp³-hybridized carbons (Fsp3) is 0.945. The highest BCUT2D eigenvalue weighted by molar-refractivity contribution is 7.47. The van der Waals surface area contributed by atoms with Gasteiger partial charge in [-0.25, -0.2) is 9.13 Å². The van der Waals surface area contributed by atoms with Gasteiger partial charge in [0, 0.05) is 25.7 Å². The summed E-state index contributed by atoms with van der Waals surface area (Å²) in [6.45, 7) is 14.0. The van der Waals surface area contributed by atoms with Crippen molar-refractivity contribution in [1.82, 2.24) is 0 Å². The van der Waals surface area contributed by atoms with Crippen molar-refractivity contribution in [3.63, 3.8) is 0 Å². The number of aliphatic hydroxyl groups excluding tert-OH is 1. The maximum Gasteiger partial charge on any atom is 0.472 e. The predicted octanol–water partition coefficient (Wildman–Crippen LogP) is 20.9. The maximum atomic E-state index is 13.0. The fourth-order valence-corrected chi connectivity index (χ4v) is 12.6. The maximum absolute atomic E-state index is 13.0. The van der Waals surface area contributed by atoms with Crippen molar-refractivity contribution in [1.29, 1.82) is 0 Å². The lowest BCUT2D eigenvalue weighted by molar-refractivity contribution is -0.161. The van der Waals surface area contributed by atoms with Crippen molar-refractivity contribution in [3.8, 4) is 0 Å². The zero-order chi connectivity index (χ0) is 68.2. The molecule has 19 heteroatoms. The van der Waals surface area contributed by atoms with Gasteiger partial charge in [-0.3, -0.25) is 37.3 Å². The molecular formula is C73H142O17P2. The Bertz CT molecular complexity index is 1820. The zero-order valence-electron chi connectivity index (χ0n) is 60.2. The highest BCUT2D eigenvalue weighted by Gasteiger charge is 2.30. The summed E-state index contributed by atoms with van der Waals surface area (Å²) < 4.78 is 68.3. The molecule has 2 unspecified atom stereocenters. The van der Waals surface area contributed by atoms with Crippen LogP contribution in [-0.2, 0) is 65.4 Å². The van der Waals surface area contributed by atoms with Gasteiger partial charge in [-0.05, 0) is 49.4 Å². The summed E-state index contributed by atoms with van der Waals surface area (Å²) in [5.41, 5.74) is 0. The SMILES string of the molecule is CC(C)CCCCCCCCCCCCCCCCCCCCC(=O)OC[C@H](COP(=O)(O)OC[C@@H](O)COP(=O)(O)OC[C@@H](COC(=O)CCCCCCCCC(C)C)OC(=O)CCCCCCCCCCCCC(C)C)OC(=O)CCCCCCCCC(C)C. The van der Waals surface area contributed by atoms with Crippen molar-refractivity contribution in [2.75, 3.05) is 39.6 Å². The third-order valence-electron chi connectivity index (χ3n) is 16.8. The molecular weight excluding hydrogens is 1210 g/mol. The summed E-state index contributed by atoms with van der Waals surface area (Å²) in [5.74, 6) is 0.791. The molecule has 0 aromatic heterocycles. The second-order valence-electron chi connectivity index (χ2n) is 28.2. The van der Waals surface area contributed by atoms with E-state index in [2.05, 4.69) is 55.4 Å². The monoisotopic (exact) mass is 1350 g/mol. The number of unbranched alkanes of at least 4 members (excludes halogenated alkanes) is 36. The van der Waals surface area contributed by atoms with Crippen LogP contribution in [0.25, 0.3) is 0 Å². The third kappa shape index (κ3) is 66.7. The minimum absolute atomic E-state index is 0.102. The number of esters is 4. The minimum atomic E-state index is -4.95. The van der Waals surface area contributed by atoms with Crippen molar-refractivity contribution in [2.24, 2.45) is 23.7 Å². The molecule has 0 saturated carbocycles. The van der Waals surface area contributed by atoms with E-state index in [9.17, 15) is 43.2 Å². The van der Waals surface area contributed by atoms with Crippen LogP contribution < -0.4 is 0 Å². The summed E-state index contributed by atoms with van der Waals surface area (Å²) in [5, 5.41) is 10.6. The third-order valence-corrected chi connectivity index (χ3v) is 18.7. The molecule has 0 rings (SSSR count). The van der Waals surface area contributed by atoms with Gasteiger partial charge in [0.15, 0.2) is 12.2 Å². The van der Waals surface area contributed by atoms with Gasteiger partial charge in [0.25, 0.3) is 0 Å². The van der Waals surface area contributed by atoms with E-state index in [1.165, 1.54) is 161 Å². The van der Waals surface area contributed by atoms with Crippen LogP contribution in [0.3, 0.4) is 0 Å². The normalized spacial score (nSPS) is 14.2. The number of phosphoric ester groups is 2. The number of aliphatic hydroxyl groups is 1. The summed E-state index contributed by atoms with van der Waals surface area (Å²) in [4.78, 5) is 72.5. The highest BCUT2D eigenvalue weighted by Crippen LogP contribution is 2.45. The van der Waals surface area contributed by atoms with Crippen LogP contribution in [0.1, 0.15) is 364 Å². The average molecular weight is 1350 g/mol. The number of hydrogen-bond donors (Lipinski definition) is 3. The van der Waals surface area contributed by atoms with Gasteiger partial charge >= 0.3 is 39.5 Å². The topological polar surface area (TPSA) is 237 Å². The molecule has 0 aromatic carbocycles. The second kappa shape index (κ2) is 62.6. The van der Waals surface area contributed by atoms with E-state index in [0.29, 0.717) is 37.5 Å². The molecule has 0 heterocycles. The van der Waals surface area contributed by atoms with E-state index >= 15 is 0 Å². The first-order valence-corrected chi connectivity index (χ1v) is 40.7. The first kappa shape index (κ1) is 90.1. The molecule has 0 saturated heterocycles. The van der Waals surface area contributed by atoms with E-state index in [1.54, 1.807) is 0 Å². The zero-order valence-corrected chi connectivity index (χ0v) is 62.0. The van der Waals surface area contributed by atoms with Crippen LogP contribution in [0.2, 0.25) is 0 Å². The van der Waals surface area contributed by atoms with Gasteiger partial charge in [-0.2, -0.15) is 0 Å². The standard InChI is InChI=1S/C73H142O17P2/c1-63(2)49-41-33-25-21-17-15-13-11-9-10-12-14-16-18-23-27-37-45-53-70(75)83-59-69(90-73(78)56-48-40-32-30-36-44-52-66(7)8)62-88-92(81,82)86-58-67(74)57-85-91(79,80)87-61-68(60-84-71(76)54-46-38-31-29-35-43-51-65(5)6)89-72(77)55-47-39-28-24-20-19-22-26-34-42-50-64(3)4/h63-69,74H,9-62H2,1-8H3,(H,79,80)(H,81,82)/t67-,68+,69+/m0/s1. The number of carbonyl (C=O) groups is 4. The molecule has 0 amide bonds. The van der Waals surface area contributed by atoms with Gasteiger partial charge in [0.1, 0.15) is 19.3 Å². The fourth-order valence-electron chi connectivity index (χ4n) is 11.0. The average Bonchev–Trinajstić information content (AvgIpc) is 3.31. The Hall–Kier alpha value is -1.94. The van der Waals surface area contributed by atoms with E-state index in [0.717, 1.165) is 108 Å². The summed E-state index contributed by atoms with van der Waals surface area (Å²) in [6.07, 6.45) is 46.4. The van der Waals surface area contributed by atoms with E-state index in [-0.39, 0.29) is 25.7 Å². The van der Waals surface area contributed by atoms with Crippen LogP contribution in [0, 0.1) is 23.7 Å². The van der Waals surface area contributed by atoms with Gasteiger partial charge in [0.2, 0.25) is 0 Å². The van der Waals surface area contributed by atoms with Crippen LogP contribution in [0.15, 0.2) is 0 Å². The minimum Gasteiger partial charge on any atom is -0.462 e.